The van der Waals surface area contributed by atoms with Gasteiger partial charge in [0, 0.05) is 0 Å². The molecule has 0 amide bonds. The summed E-state index contributed by atoms with van der Waals surface area (Å²) in [4.78, 5) is 23.4. The molecule has 0 aliphatic rings. The second-order valence-corrected chi connectivity index (χ2v) is 6.11. The van der Waals surface area contributed by atoms with Gasteiger partial charge in [0.2, 0.25) is 0 Å². The molecule has 24 heavy (non-hydrogen) atoms. The van der Waals surface area contributed by atoms with Gasteiger partial charge in [0.1, 0.15) is 0 Å². The molecule has 2 N–H and O–H groups in total. The van der Waals surface area contributed by atoms with E-state index in [0.29, 0.717) is 12.0 Å². The van der Waals surface area contributed by atoms with Crippen LogP contribution in [0, 0.1) is 0 Å². The molecular formula is C19H30CaO4. The van der Waals surface area contributed by atoms with Gasteiger partial charge in [-0.2, -0.15) is 0 Å². The molecule has 0 bridgehead atoms. The Morgan fingerprint density at radius 2 is 1.33 bits per heavy atom. The zero-order valence-corrected chi connectivity index (χ0v) is 16.9. The molecule has 0 heterocycles. The molecule has 0 fully saturated rings. The van der Waals surface area contributed by atoms with Crippen molar-refractivity contribution >= 4 is 49.7 Å². The molecule has 0 saturated heterocycles. The van der Waals surface area contributed by atoms with E-state index in [9.17, 15) is 19.8 Å². The molecule has 1 aromatic rings. The summed E-state index contributed by atoms with van der Waals surface area (Å²) in [5.41, 5.74) is -1.48. The van der Waals surface area contributed by atoms with Crippen LogP contribution in [0.4, 0.5) is 0 Å². The molecule has 0 unspecified atom stereocenters. The summed E-state index contributed by atoms with van der Waals surface area (Å²) >= 11 is 0. The second-order valence-electron chi connectivity index (χ2n) is 6.11. The number of hydrogen-bond donors (Lipinski definition) is 2. The van der Waals surface area contributed by atoms with Crippen LogP contribution < -0.4 is 0 Å². The Labute approximate surface area is 177 Å². The first-order chi connectivity index (χ1) is 11.1. The summed E-state index contributed by atoms with van der Waals surface area (Å²) in [5.74, 6) is -2.56. The summed E-state index contributed by atoms with van der Waals surface area (Å²) in [6.45, 7) is 2.18. The molecule has 1 rings (SSSR count). The molecule has 0 aromatic heterocycles. The van der Waals surface area contributed by atoms with Gasteiger partial charge in [-0.3, -0.25) is 9.59 Å². The van der Waals surface area contributed by atoms with Crippen LogP contribution in [0.1, 0.15) is 73.1 Å². The van der Waals surface area contributed by atoms with Gasteiger partial charge in [-0.15, -0.1) is 0 Å². The Hall–Kier alpha value is -0.580. The number of benzene rings is 1. The van der Waals surface area contributed by atoms with Crippen LogP contribution in [0.5, 0.6) is 0 Å². The van der Waals surface area contributed by atoms with Crippen molar-refractivity contribution in [3.63, 3.8) is 0 Å². The van der Waals surface area contributed by atoms with Crippen molar-refractivity contribution in [3.05, 3.63) is 35.9 Å². The van der Waals surface area contributed by atoms with Crippen molar-refractivity contribution in [1.82, 2.24) is 0 Å². The van der Waals surface area contributed by atoms with Crippen molar-refractivity contribution in [1.29, 1.82) is 0 Å². The fourth-order valence-corrected chi connectivity index (χ4v) is 2.94. The van der Waals surface area contributed by atoms with Crippen LogP contribution in [-0.4, -0.2) is 59.9 Å². The minimum Gasteiger partial charge on any atom is -1.00 e. The number of carbonyl (C=O) groups is 2. The van der Waals surface area contributed by atoms with E-state index in [0.717, 1.165) is 19.3 Å². The topological polar surface area (TPSA) is 74.6 Å². The summed E-state index contributed by atoms with van der Waals surface area (Å²) in [6, 6.07) is 8.31. The van der Waals surface area contributed by atoms with Crippen molar-refractivity contribution < 1.29 is 22.7 Å². The van der Waals surface area contributed by atoms with E-state index in [1.165, 1.54) is 25.7 Å². The molecule has 0 saturated carbocycles. The molecular weight excluding hydrogens is 332 g/mol. The number of unbranched alkanes of at least 4 members (excludes halogenated alkanes) is 7. The first-order valence-electron chi connectivity index (χ1n) is 8.58. The van der Waals surface area contributed by atoms with Gasteiger partial charge in [-0.05, 0) is 12.0 Å². The quantitative estimate of drug-likeness (QED) is 0.327. The smallest absolute Gasteiger partial charge is 1.00 e. The number of carboxylic acid groups (broad SMARTS) is 2. The van der Waals surface area contributed by atoms with Crippen LogP contribution in [0.2, 0.25) is 0 Å². The van der Waals surface area contributed by atoms with E-state index in [2.05, 4.69) is 6.92 Å². The summed E-state index contributed by atoms with van der Waals surface area (Å²) in [5, 5.41) is 19.1. The van der Waals surface area contributed by atoms with E-state index in [1.807, 2.05) is 0 Å². The zero-order valence-electron chi connectivity index (χ0n) is 16.7. The Kier molecular flexibility index (Phi) is 12.4. The standard InChI is InChI=1S/C19H28O4.Ca.2H/c1-2-3-4-5-6-7-8-12-15-19(17(20)21,18(22)23)16-13-10-9-11-14-16;;;/h9-11,13-14H,2-8,12,15H2,1H3,(H,20,21)(H,22,23);;;/q;+2;2*-1. The minimum atomic E-state index is -1.83. The van der Waals surface area contributed by atoms with E-state index in [4.69, 9.17) is 0 Å². The van der Waals surface area contributed by atoms with Crippen molar-refractivity contribution in [2.75, 3.05) is 0 Å². The Bertz CT molecular complexity index is 484. The van der Waals surface area contributed by atoms with Crippen LogP contribution in [0.25, 0.3) is 0 Å². The van der Waals surface area contributed by atoms with Crippen LogP contribution in [0.3, 0.4) is 0 Å². The summed E-state index contributed by atoms with van der Waals surface area (Å²) in [7, 11) is 0. The van der Waals surface area contributed by atoms with E-state index in [-0.39, 0.29) is 47.0 Å². The monoisotopic (exact) mass is 362 g/mol. The molecule has 0 radical (unpaired) electrons. The van der Waals surface area contributed by atoms with E-state index < -0.39 is 17.4 Å². The molecule has 0 aliphatic carbocycles. The van der Waals surface area contributed by atoms with Gasteiger partial charge in [0.15, 0.2) is 5.41 Å². The molecule has 4 nitrogen and oxygen atoms in total. The maximum Gasteiger partial charge on any atom is 2.00 e. The third-order valence-electron chi connectivity index (χ3n) is 4.40. The van der Waals surface area contributed by atoms with E-state index >= 15 is 0 Å². The van der Waals surface area contributed by atoms with Gasteiger partial charge in [-0.25, -0.2) is 0 Å². The molecule has 5 heteroatoms. The molecule has 1 aromatic carbocycles. The summed E-state index contributed by atoms with van der Waals surface area (Å²) in [6.07, 6.45) is 8.72. The zero-order chi connectivity index (χ0) is 17.1. The van der Waals surface area contributed by atoms with Gasteiger partial charge in [-0.1, -0.05) is 88.6 Å². The largest absolute Gasteiger partial charge is 2.00 e. The first-order valence-corrected chi connectivity index (χ1v) is 8.58. The van der Waals surface area contributed by atoms with Crippen LogP contribution in [-0.2, 0) is 15.0 Å². The average Bonchev–Trinajstić information content (AvgIpc) is 2.54. The average molecular weight is 363 g/mol. The molecule has 0 spiro atoms. The first kappa shape index (κ1) is 23.4. The van der Waals surface area contributed by atoms with Crippen LogP contribution >= 0.6 is 0 Å². The fourth-order valence-electron chi connectivity index (χ4n) is 2.94. The number of rotatable bonds is 12. The molecule has 0 atom stereocenters. The number of carboxylic acids is 2. The Balaban J connectivity index is -0.00000176. The summed E-state index contributed by atoms with van der Waals surface area (Å²) < 4.78 is 0. The number of aliphatic carboxylic acids is 2. The van der Waals surface area contributed by atoms with Gasteiger partial charge in [0.05, 0.1) is 0 Å². The minimum absolute atomic E-state index is 0. The molecule has 132 valence electrons. The van der Waals surface area contributed by atoms with Crippen molar-refractivity contribution in [2.45, 2.75) is 70.1 Å². The second kappa shape index (κ2) is 12.7. The maximum atomic E-state index is 11.7. The maximum absolute atomic E-state index is 11.7. The number of hydrogen-bond acceptors (Lipinski definition) is 2. The Morgan fingerprint density at radius 3 is 1.79 bits per heavy atom. The van der Waals surface area contributed by atoms with Crippen molar-refractivity contribution in [3.8, 4) is 0 Å². The van der Waals surface area contributed by atoms with E-state index in [1.54, 1.807) is 30.3 Å². The third-order valence-corrected chi connectivity index (χ3v) is 4.40. The van der Waals surface area contributed by atoms with Gasteiger partial charge < -0.3 is 13.1 Å². The van der Waals surface area contributed by atoms with Crippen molar-refractivity contribution in [2.24, 2.45) is 0 Å². The SMILES string of the molecule is CCCCCCCCCCC(C(=O)O)(C(=O)O)c1ccccc1.[Ca+2].[H-].[H-]. The fraction of sp³-hybridized carbons (Fsp3) is 0.579. The normalized spacial score (nSPS) is 10.9. The predicted molar refractivity (Wildman–Crippen MR) is 98.6 cm³/mol. The van der Waals surface area contributed by atoms with Gasteiger partial charge in [0.25, 0.3) is 0 Å². The van der Waals surface area contributed by atoms with Gasteiger partial charge >= 0.3 is 49.7 Å². The molecule has 0 aliphatic heterocycles. The Morgan fingerprint density at radius 1 is 0.875 bits per heavy atom. The van der Waals surface area contributed by atoms with Crippen LogP contribution in [0.15, 0.2) is 30.3 Å². The predicted octanol–water partition coefficient (Wildman–Crippen LogP) is 4.47. The third kappa shape index (κ3) is 6.73.